The maximum Gasteiger partial charge on any atom is 0.0426 e. The zero-order valence-corrected chi connectivity index (χ0v) is 11.3. The first-order valence-corrected chi connectivity index (χ1v) is 6.81. The van der Waals surface area contributed by atoms with Crippen molar-refractivity contribution in [1.29, 1.82) is 0 Å². The maximum absolute atomic E-state index is 5.92. The lowest BCUT2D eigenvalue weighted by Crippen LogP contribution is -1.92. The summed E-state index contributed by atoms with van der Waals surface area (Å²) in [7, 11) is 0. The SMILES string of the molecule is Nc1cc(Cl)ccc1CSc1cccc(Cl)c1. The summed E-state index contributed by atoms with van der Waals surface area (Å²) in [6, 6.07) is 13.4. The molecule has 0 aliphatic carbocycles. The van der Waals surface area contributed by atoms with E-state index in [0.717, 1.165) is 26.9 Å². The van der Waals surface area contributed by atoms with Crippen LogP contribution in [0.2, 0.25) is 10.0 Å². The van der Waals surface area contributed by atoms with Gasteiger partial charge in [0.2, 0.25) is 0 Å². The molecule has 88 valence electrons. The maximum atomic E-state index is 5.92. The second kappa shape index (κ2) is 5.67. The number of hydrogen-bond acceptors (Lipinski definition) is 2. The topological polar surface area (TPSA) is 26.0 Å². The second-order valence-corrected chi connectivity index (χ2v) is 5.51. The third-order valence-corrected chi connectivity index (χ3v) is 3.81. The van der Waals surface area contributed by atoms with Crippen LogP contribution >= 0.6 is 35.0 Å². The molecule has 0 amide bonds. The van der Waals surface area contributed by atoms with Crippen LogP contribution in [0, 0.1) is 0 Å². The molecule has 0 heterocycles. The van der Waals surface area contributed by atoms with Gasteiger partial charge in [-0.15, -0.1) is 11.8 Å². The first-order valence-electron chi connectivity index (χ1n) is 5.07. The molecule has 1 nitrogen and oxygen atoms in total. The van der Waals surface area contributed by atoms with Crippen molar-refractivity contribution in [3.63, 3.8) is 0 Å². The van der Waals surface area contributed by atoms with Crippen molar-refractivity contribution in [2.45, 2.75) is 10.6 Å². The van der Waals surface area contributed by atoms with E-state index in [1.807, 2.05) is 36.4 Å². The fourth-order valence-electron chi connectivity index (χ4n) is 1.42. The lowest BCUT2D eigenvalue weighted by Gasteiger charge is -2.06. The summed E-state index contributed by atoms with van der Waals surface area (Å²) in [5, 5.41) is 1.41. The summed E-state index contributed by atoms with van der Waals surface area (Å²) < 4.78 is 0. The number of nitrogen functional groups attached to an aromatic ring is 1. The Bertz CT molecular complexity index is 529. The van der Waals surface area contributed by atoms with Gasteiger partial charge in [-0.2, -0.15) is 0 Å². The van der Waals surface area contributed by atoms with Crippen molar-refractivity contribution in [3.05, 3.63) is 58.1 Å². The van der Waals surface area contributed by atoms with E-state index in [1.54, 1.807) is 17.8 Å². The van der Waals surface area contributed by atoms with E-state index in [-0.39, 0.29) is 0 Å². The highest BCUT2D eigenvalue weighted by Crippen LogP contribution is 2.28. The molecule has 2 rings (SSSR count). The molecule has 0 aromatic heterocycles. The molecule has 0 unspecified atom stereocenters. The Morgan fingerprint density at radius 3 is 2.47 bits per heavy atom. The first kappa shape index (κ1) is 12.6. The van der Waals surface area contributed by atoms with Crippen LogP contribution in [0.3, 0.4) is 0 Å². The molecule has 2 N–H and O–H groups in total. The number of nitrogens with two attached hydrogens (primary N) is 1. The molecule has 2 aromatic rings. The van der Waals surface area contributed by atoms with Gasteiger partial charge in [-0.3, -0.25) is 0 Å². The Morgan fingerprint density at radius 1 is 1.00 bits per heavy atom. The lowest BCUT2D eigenvalue weighted by atomic mass is 10.2. The number of benzene rings is 2. The van der Waals surface area contributed by atoms with Gasteiger partial charge in [0.25, 0.3) is 0 Å². The monoisotopic (exact) mass is 283 g/mol. The summed E-state index contributed by atoms with van der Waals surface area (Å²) in [5.41, 5.74) is 7.70. The van der Waals surface area contributed by atoms with Crippen molar-refractivity contribution >= 4 is 40.7 Å². The Hall–Kier alpha value is -0.830. The summed E-state index contributed by atoms with van der Waals surface area (Å²) in [6.07, 6.45) is 0. The van der Waals surface area contributed by atoms with Gasteiger partial charge in [0.1, 0.15) is 0 Å². The van der Waals surface area contributed by atoms with Crippen molar-refractivity contribution in [2.75, 3.05) is 5.73 Å². The van der Waals surface area contributed by atoms with E-state index in [0.29, 0.717) is 5.02 Å². The molecule has 17 heavy (non-hydrogen) atoms. The van der Waals surface area contributed by atoms with E-state index in [4.69, 9.17) is 28.9 Å². The molecule has 0 spiro atoms. The number of hydrogen-bond donors (Lipinski definition) is 1. The minimum atomic E-state index is 0.666. The molecule has 0 aliphatic heterocycles. The molecule has 0 bridgehead atoms. The van der Waals surface area contributed by atoms with Crippen LogP contribution in [-0.2, 0) is 5.75 Å². The molecule has 0 saturated carbocycles. The molecule has 2 aromatic carbocycles. The highest BCUT2D eigenvalue weighted by atomic mass is 35.5. The highest BCUT2D eigenvalue weighted by molar-refractivity contribution is 7.98. The molecule has 4 heteroatoms. The van der Waals surface area contributed by atoms with E-state index < -0.39 is 0 Å². The Balaban J connectivity index is 2.07. The van der Waals surface area contributed by atoms with E-state index in [1.165, 1.54) is 0 Å². The molecule has 0 aliphatic rings. The Kier molecular flexibility index (Phi) is 4.21. The average Bonchev–Trinajstić information content (AvgIpc) is 2.28. The van der Waals surface area contributed by atoms with Crippen LogP contribution in [-0.4, -0.2) is 0 Å². The first-order chi connectivity index (χ1) is 8.15. The summed E-state index contributed by atoms with van der Waals surface area (Å²) in [4.78, 5) is 1.13. The molecule has 0 fully saturated rings. The molecule has 0 atom stereocenters. The lowest BCUT2D eigenvalue weighted by molar-refractivity contribution is 1.38. The van der Waals surface area contributed by atoms with E-state index in [2.05, 4.69) is 0 Å². The Morgan fingerprint density at radius 2 is 1.76 bits per heavy atom. The van der Waals surface area contributed by atoms with Crippen LogP contribution in [0.15, 0.2) is 47.4 Å². The summed E-state index contributed by atoms with van der Waals surface area (Å²) in [5.74, 6) is 0.809. The van der Waals surface area contributed by atoms with Gasteiger partial charge in [0.05, 0.1) is 0 Å². The van der Waals surface area contributed by atoms with Crippen molar-refractivity contribution < 1.29 is 0 Å². The van der Waals surface area contributed by atoms with Gasteiger partial charge >= 0.3 is 0 Å². The van der Waals surface area contributed by atoms with Crippen molar-refractivity contribution in [1.82, 2.24) is 0 Å². The summed E-state index contributed by atoms with van der Waals surface area (Å²) >= 11 is 13.5. The zero-order valence-electron chi connectivity index (χ0n) is 8.99. The fraction of sp³-hybridized carbons (Fsp3) is 0.0769. The molecular weight excluding hydrogens is 273 g/mol. The zero-order chi connectivity index (χ0) is 12.3. The number of anilines is 1. The van der Waals surface area contributed by atoms with Crippen LogP contribution in [0.4, 0.5) is 5.69 Å². The van der Waals surface area contributed by atoms with Gasteiger partial charge in [0, 0.05) is 26.4 Å². The average molecular weight is 284 g/mol. The molecular formula is C13H11Cl2NS. The van der Waals surface area contributed by atoms with Gasteiger partial charge in [-0.25, -0.2) is 0 Å². The van der Waals surface area contributed by atoms with Crippen LogP contribution in [0.1, 0.15) is 5.56 Å². The third-order valence-electron chi connectivity index (χ3n) is 2.30. The van der Waals surface area contributed by atoms with Gasteiger partial charge < -0.3 is 5.73 Å². The van der Waals surface area contributed by atoms with E-state index >= 15 is 0 Å². The standard InChI is InChI=1S/C13H11Cl2NS/c14-10-2-1-3-12(6-10)17-8-9-4-5-11(15)7-13(9)16/h1-7H,8,16H2. The second-order valence-electron chi connectivity index (χ2n) is 3.59. The van der Waals surface area contributed by atoms with Crippen LogP contribution < -0.4 is 5.73 Å². The Labute approximate surface area is 115 Å². The minimum Gasteiger partial charge on any atom is -0.398 e. The quantitative estimate of drug-likeness (QED) is 0.643. The summed E-state index contributed by atoms with van der Waals surface area (Å²) in [6.45, 7) is 0. The van der Waals surface area contributed by atoms with Gasteiger partial charge in [-0.05, 0) is 35.9 Å². The smallest absolute Gasteiger partial charge is 0.0426 e. The van der Waals surface area contributed by atoms with Crippen molar-refractivity contribution in [2.24, 2.45) is 0 Å². The predicted octanol–water partition coefficient (Wildman–Crippen LogP) is 4.87. The normalized spacial score (nSPS) is 10.5. The third kappa shape index (κ3) is 3.56. The number of halogens is 2. The van der Waals surface area contributed by atoms with Crippen molar-refractivity contribution in [3.8, 4) is 0 Å². The fourth-order valence-corrected chi connectivity index (χ4v) is 2.82. The van der Waals surface area contributed by atoms with Crippen LogP contribution in [0.25, 0.3) is 0 Å². The highest BCUT2D eigenvalue weighted by Gasteiger charge is 2.02. The molecule has 0 radical (unpaired) electrons. The van der Waals surface area contributed by atoms with Gasteiger partial charge in [-0.1, -0.05) is 35.3 Å². The number of rotatable bonds is 3. The van der Waals surface area contributed by atoms with Crippen LogP contribution in [0.5, 0.6) is 0 Å². The minimum absolute atomic E-state index is 0.666. The molecule has 0 saturated heterocycles. The predicted molar refractivity (Wildman–Crippen MR) is 76.9 cm³/mol. The van der Waals surface area contributed by atoms with E-state index in [9.17, 15) is 0 Å². The largest absolute Gasteiger partial charge is 0.398 e. The number of thioether (sulfide) groups is 1. The van der Waals surface area contributed by atoms with Gasteiger partial charge in [0.15, 0.2) is 0 Å².